The summed E-state index contributed by atoms with van der Waals surface area (Å²) in [5.41, 5.74) is 13.4. The molecule has 0 unspecified atom stereocenters. The maximum absolute atomic E-state index is 13.2. The molecule has 15 rings (SSSR count). The Labute approximate surface area is 595 Å². The van der Waals surface area contributed by atoms with Gasteiger partial charge in [0, 0.05) is 65.9 Å². The monoisotopic (exact) mass is 1390 g/mol. The summed E-state index contributed by atoms with van der Waals surface area (Å²) in [7, 11) is 1.76. The highest BCUT2D eigenvalue weighted by molar-refractivity contribution is 6.01. The molecule has 13 aromatic rings. The molecule has 7 aromatic heterocycles. The summed E-state index contributed by atoms with van der Waals surface area (Å²) in [5.74, 6) is 5.06. The molecule has 0 saturated heterocycles. The molecule has 0 saturated carbocycles. The average Bonchev–Trinajstić information content (AvgIpc) is 1.63. The molecule has 103 heavy (non-hydrogen) atoms. The lowest BCUT2D eigenvalue weighted by Crippen LogP contribution is -2.26. The second-order valence-electron chi connectivity index (χ2n) is 25.5. The SMILES string of the molecule is C.C.C.CC(C)c1ccccc1-c1ncc2c(n1)N(Cc1ccc(-n3ccc(C(F)(F)F)n3)cc1)C(=O)C2.CC(C)c1ccccc1-c1ncc2c(n1)n([C@H](C)c1ccc(-n3ccnn3)cc1)c(=O)n2C.Cc1nnc(-c2ccc(CN3C(=O)Cc4cnc(-c5ccccc5C(C)C)nc43)cc2)o1. The summed E-state index contributed by atoms with van der Waals surface area (Å²) in [4.78, 5) is 70.3. The Morgan fingerprint density at radius 1 is 0.534 bits per heavy atom. The molecule has 6 aromatic carbocycles. The van der Waals surface area contributed by atoms with Gasteiger partial charge in [0.2, 0.25) is 23.6 Å². The Bertz CT molecular complexity index is 5200. The van der Waals surface area contributed by atoms with Gasteiger partial charge in [0.25, 0.3) is 0 Å². The van der Waals surface area contributed by atoms with E-state index in [9.17, 15) is 27.6 Å². The van der Waals surface area contributed by atoms with Crippen molar-refractivity contribution in [3.05, 3.63) is 255 Å². The Hall–Kier alpha value is -12.0. The second-order valence-corrected chi connectivity index (χ2v) is 25.5. The van der Waals surface area contributed by atoms with Crippen LogP contribution in [0.25, 0.3) is 68.2 Å². The standard InChI is InChI=1S/C26H22F3N5O.C25H25N7O.C25H23N5O2.3CH4/c1-16(2)20-5-3-4-6-21(20)24-30-14-18-13-23(35)33(25(18)31-24)15-17-7-9-19(10-8-17)34-12-11-22(32-34)26(27,28)29;1-16(2)20-7-5-6-8-21(20)23-26-15-22-24(28-23)32(25(33)30(22)4)17(3)18-9-11-19(12-10-18)31-14-13-27-29-31;1-15(2)20-6-4-5-7-21(20)23-26-13-19-12-22(31)30(24(19)27-23)14-17-8-10-18(11-9-17)25-29-28-16(3)32-25;;;/h3-12,14,16H,13,15H2,1-2H3;5-17H,1-4H3;4-11,13,15H,12,14H2,1-3H3;3*1H4/t;17-;;;;/m.1..../s1. The lowest BCUT2D eigenvalue weighted by atomic mass is 9.97. The van der Waals surface area contributed by atoms with E-state index in [4.69, 9.17) is 19.4 Å². The van der Waals surface area contributed by atoms with Crippen LogP contribution in [-0.2, 0) is 48.7 Å². The summed E-state index contributed by atoms with van der Waals surface area (Å²) in [6, 6.07) is 47.6. The van der Waals surface area contributed by atoms with Gasteiger partial charge < -0.3 is 4.42 Å². The number of rotatable bonds is 15. The van der Waals surface area contributed by atoms with Crippen molar-refractivity contribution in [2.75, 3.05) is 9.80 Å². The van der Waals surface area contributed by atoms with Crippen LogP contribution in [0.5, 0.6) is 0 Å². The van der Waals surface area contributed by atoms with E-state index in [0.717, 1.165) is 67.4 Å². The summed E-state index contributed by atoms with van der Waals surface area (Å²) >= 11 is 0. The Morgan fingerprint density at radius 2 is 1.00 bits per heavy atom. The minimum absolute atomic E-state index is 0. The summed E-state index contributed by atoms with van der Waals surface area (Å²) < 4.78 is 50.2. The van der Waals surface area contributed by atoms with Crippen molar-refractivity contribution in [2.24, 2.45) is 7.05 Å². The van der Waals surface area contributed by atoms with Gasteiger partial charge in [0.1, 0.15) is 17.2 Å². The molecular formula is C79H82F3N17O4. The van der Waals surface area contributed by atoms with Crippen LogP contribution in [0.2, 0.25) is 0 Å². The van der Waals surface area contributed by atoms with Crippen molar-refractivity contribution in [1.29, 1.82) is 0 Å². The highest BCUT2D eigenvalue weighted by Gasteiger charge is 2.35. The fourth-order valence-electron chi connectivity index (χ4n) is 12.4. The number of carbonyl (C=O) groups is 2. The van der Waals surface area contributed by atoms with Gasteiger partial charge in [-0.1, -0.05) is 178 Å². The van der Waals surface area contributed by atoms with Crippen LogP contribution in [0, 0.1) is 6.92 Å². The first-order valence-corrected chi connectivity index (χ1v) is 32.8. The maximum Gasteiger partial charge on any atom is 0.435 e. The number of hydrogen-bond acceptors (Lipinski definition) is 15. The van der Waals surface area contributed by atoms with Gasteiger partial charge in [-0.3, -0.25) is 28.5 Å². The number of fused-ring (bicyclic) bond motifs is 3. The molecule has 24 heteroatoms. The fourth-order valence-corrected chi connectivity index (χ4v) is 12.4. The lowest BCUT2D eigenvalue weighted by molar-refractivity contribution is -0.141. The third-order valence-electron chi connectivity index (χ3n) is 17.7. The van der Waals surface area contributed by atoms with Crippen molar-refractivity contribution in [3.63, 3.8) is 0 Å². The maximum atomic E-state index is 13.2. The number of aryl methyl sites for hydroxylation is 2. The zero-order valence-electron chi connectivity index (χ0n) is 56.4. The van der Waals surface area contributed by atoms with Gasteiger partial charge in [-0.15, -0.1) is 15.3 Å². The smallest absolute Gasteiger partial charge is 0.421 e. The Kier molecular flexibility index (Phi) is 22.1. The molecule has 0 spiro atoms. The zero-order chi connectivity index (χ0) is 70.1. The number of benzene rings is 6. The molecule has 0 fully saturated rings. The van der Waals surface area contributed by atoms with Crippen LogP contribution in [0.15, 0.2) is 198 Å². The van der Waals surface area contributed by atoms with Gasteiger partial charge in [-0.25, -0.2) is 44.1 Å². The lowest BCUT2D eigenvalue weighted by Gasteiger charge is -2.18. The predicted molar refractivity (Wildman–Crippen MR) is 394 cm³/mol. The van der Waals surface area contributed by atoms with E-state index < -0.39 is 11.9 Å². The third kappa shape index (κ3) is 15.4. The van der Waals surface area contributed by atoms with Gasteiger partial charge in [-0.2, -0.15) is 18.3 Å². The highest BCUT2D eigenvalue weighted by Crippen LogP contribution is 2.37. The molecule has 1 atom stereocenters. The molecule has 21 nitrogen and oxygen atoms in total. The van der Waals surface area contributed by atoms with Crippen molar-refractivity contribution in [2.45, 2.75) is 134 Å². The normalized spacial score (nSPS) is 12.7. The number of amides is 2. The molecule has 0 aliphatic carbocycles. The number of carbonyl (C=O) groups excluding carboxylic acids is 2. The van der Waals surface area contributed by atoms with E-state index in [1.165, 1.54) is 22.0 Å². The fraction of sp³-hybridized carbons (Fsp3) is 0.266. The number of nitrogens with zero attached hydrogens (tertiary/aromatic N) is 17. The molecule has 0 N–H and O–H groups in total. The number of aromatic nitrogens is 15. The number of hydrogen-bond donors (Lipinski definition) is 0. The second kappa shape index (κ2) is 30.9. The average molecular weight is 1390 g/mol. The van der Waals surface area contributed by atoms with Crippen molar-refractivity contribution < 1.29 is 27.2 Å². The molecule has 0 bridgehead atoms. The zero-order valence-corrected chi connectivity index (χ0v) is 56.4. The van der Waals surface area contributed by atoms with Crippen LogP contribution in [0.3, 0.4) is 0 Å². The first-order valence-electron chi connectivity index (χ1n) is 32.8. The molecule has 528 valence electrons. The van der Waals surface area contributed by atoms with Gasteiger partial charge in [-0.05, 0) is 101 Å². The number of halogens is 3. The van der Waals surface area contributed by atoms with E-state index in [0.29, 0.717) is 95.0 Å². The summed E-state index contributed by atoms with van der Waals surface area (Å²) in [5, 5.41) is 19.4. The predicted octanol–water partition coefficient (Wildman–Crippen LogP) is 16.3. The van der Waals surface area contributed by atoms with Gasteiger partial charge in [0.05, 0.1) is 61.9 Å². The first-order chi connectivity index (χ1) is 48.1. The van der Waals surface area contributed by atoms with E-state index in [-0.39, 0.29) is 52.2 Å². The largest absolute Gasteiger partial charge is 0.435 e. The Morgan fingerprint density at radius 3 is 1.46 bits per heavy atom. The van der Waals surface area contributed by atoms with Crippen molar-refractivity contribution in [1.82, 2.24) is 74.0 Å². The molecule has 2 aliphatic rings. The Balaban J connectivity index is 0.000000164. The molecule has 2 aliphatic heterocycles. The minimum Gasteiger partial charge on any atom is -0.421 e. The van der Waals surface area contributed by atoms with Gasteiger partial charge in [0.15, 0.2) is 28.8 Å². The summed E-state index contributed by atoms with van der Waals surface area (Å²) in [6.07, 6.45) is 6.00. The highest BCUT2D eigenvalue weighted by atomic mass is 19.4. The third-order valence-corrected chi connectivity index (χ3v) is 17.7. The molecule has 9 heterocycles. The summed E-state index contributed by atoms with van der Waals surface area (Å²) in [6.45, 7) is 17.3. The molecule has 2 amide bonds. The van der Waals surface area contributed by atoms with Gasteiger partial charge >= 0.3 is 11.9 Å². The van der Waals surface area contributed by atoms with Crippen molar-refractivity contribution >= 4 is 34.6 Å². The quantitative estimate of drug-likeness (QED) is 0.0928. The van der Waals surface area contributed by atoms with Crippen LogP contribution in [0.1, 0.15) is 151 Å². The topological polar surface area (TPSA) is 232 Å². The molecule has 0 radical (unpaired) electrons. The minimum atomic E-state index is -4.49. The van der Waals surface area contributed by atoms with E-state index >= 15 is 0 Å². The van der Waals surface area contributed by atoms with E-state index in [2.05, 4.69) is 100 Å². The first kappa shape index (κ1) is 73.8. The van der Waals surface area contributed by atoms with Crippen LogP contribution < -0.4 is 15.5 Å². The van der Waals surface area contributed by atoms with E-state index in [1.54, 1.807) is 92.8 Å². The van der Waals surface area contributed by atoms with Crippen LogP contribution >= 0.6 is 0 Å². The van der Waals surface area contributed by atoms with Crippen molar-refractivity contribution in [3.8, 4) is 57.0 Å². The van der Waals surface area contributed by atoms with E-state index in [1.807, 2.05) is 110 Å². The number of anilines is 2. The molecular weight excluding hydrogens is 1310 g/mol. The van der Waals surface area contributed by atoms with Crippen LogP contribution in [0.4, 0.5) is 24.8 Å². The number of alkyl halides is 3. The van der Waals surface area contributed by atoms with Crippen LogP contribution in [-0.4, -0.2) is 85.8 Å². The number of imidazole rings is 1.